The monoisotopic (exact) mass is 514 g/mol. The van der Waals surface area contributed by atoms with Gasteiger partial charge in [-0.25, -0.2) is 4.39 Å². The lowest BCUT2D eigenvalue weighted by molar-refractivity contribution is -0.123. The van der Waals surface area contributed by atoms with Crippen LogP contribution in [0.1, 0.15) is 35.2 Å². The Morgan fingerprint density at radius 1 is 1.22 bits per heavy atom. The summed E-state index contributed by atoms with van der Waals surface area (Å²) < 4.78 is 13.3. The third kappa shape index (κ3) is 5.11. The number of nitrogens with one attached hydrogen (secondary N) is 3. The normalized spacial score (nSPS) is 21.8. The summed E-state index contributed by atoms with van der Waals surface area (Å²) in [5, 5.41) is 8.50. The number of benzene rings is 2. The molecule has 5 N–H and O–H groups in total. The molecule has 0 aliphatic carbocycles. The summed E-state index contributed by atoms with van der Waals surface area (Å²) >= 11 is 5.97. The number of carbonyl (C=O) groups excluding carboxylic acids is 3. The van der Waals surface area contributed by atoms with E-state index in [0.717, 1.165) is 37.9 Å². The van der Waals surface area contributed by atoms with Crippen molar-refractivity contribution in [2.45, 2.75) is 30.8 Å². The number of hydrogen-bond acceptors (Lipinski definition) is 6. The van der Waals surface area contributed by atoms with Gasteiger partial charge in [-0.05, 0) is 68.8 Å². The molecule has 0 bridgehead atoms. The third-order valence-electron chi connectivity index (χ3n) is 6.71. The molecule has 2 unspecified atom stereocenters. The number of aliphatic imine (C=N–C) groups is 1. The van der Waals surface area contributed by atoms with E-state index >= 15 is 0 Å². The molecule has 1 fully saturated rings. The third-order valence-corrected chi connectivity index (χ3v) is 7.02. The number of hydrogen-bond donors (Lipinski definition) is 4. The van der Waals surface area contributed by atoms with Crippen molar-refractivity contribution in [1.82, 2.24) is 15.5 Å². The molecule has 0 radical (unpaired) electrons. The molecule has 2 aliphatic rings. The smallest absolute Gasteiger partial charge is 0.268 e. The number of anilines is 1. The first-order valence-electron chi connectivity index (χ1n) is 11.7. The fraction of sp³-hybridized carbons (Fsp3) is 0.360. The van der Waals surface area contributed by atoms with Crippen LogP contribution in [-0.4, -0.2) is 61.2 Å². The Hall–Kier alpha value is -3.34. The lowest BCUT2D eigenvalue weighted by atomic mass is 9.84. The molecule has 0 aromatic heterocycles. The average molecular weight is 515 g/mol. The summed E-state index contributed by atoms with van der Waals surface area (Å²) in [5.41, 5.74) is 5.12. The van der Waals surface area contributed by atoms with Gasteiger partial charge in [0.1, 0.15) is 11.5 Å². The fourth-order valence-electron chi connectivity index (χ4n) is 4.72. The number of rotatable bonds is 8. The van der Waals surface area contributed by atoms with Crippen LogP contribution in [-0.2, 0) is 15.1 Å². The number of nitrogens with two attached hydrogens (primary N) is 1. The van der Waals surface area contributed by atoms with Crippen molar-refractivity contribution >= 4 is 40.7 Å². The van der Waals surface area contributed by atoms with Crippen molar-refractivity contribution in [1.29, 1.82) is 0 Å². The van der Waals surface area contributed by atoms with Gasteiger partial charge in [-0.1, -0.05) is 23.7 Å². The Morgan fingerprint density at radius 3 is 2.61 bits per heavy atom. The minimum Gasteiger partial charge on any atom is -0.367 e. The van der Waals surface area contributed by atoms with Gasteiger partial charge in [0, 0.05) is 18.3 Å². The van der Waals surface area contributed by atoms with E-state index in [9.17, 15) is 18.8 Å². The van der Waals surface area contributed by atoms with Gasteiger partial charge in [-0.15, -0.1) is 0 Å². The number of primary amides is 1. The quantitative estimate of drug-likeness (QED) is 0.428. The van der Waals surface area contributed by atoms with E-state index in [1.165, 1.54) is 6.07 Å². The summed E-state index contributed by atoms with van der Waals surface area (Å²) in [7, 11) is 2.07. The van der Waals surface area contributed by atoms with Crippen molar-refractivity contribution in [3.63, 3.8) is 0 Å². The Morgan fingerprint density at radius 2 is 1.97 bits per heavy atom. The van der Waals surface area contributed by atoms with E-state index in [1.54, 1.807) is 24.3 Å². The molecular formula is C25H28ClFN6O3. The molecule has 11 heteroatoms. The lowest BCUT2D eigenvalue weighted by Crippen LogP contribution is -2.58. The highest BCUT2D eigenvalue weighted by Gasteiger charge is 2.49. The SMILES string of the molecule is CN1CCCC1CCNC(=O)C1=NCNC1(C(N)=O)c1ccc(NC(=O)c2ccc(F)cc2Cl)cc1. The standard InChI is InChI=1S/C25H28ClFN6O3/c1-33-12-2-3-18(33)10-11-29-23(35)21-25(24(28)36,31-14-30-21)15-4-7-17(8-5-15)32-22(34)19-9-6-16(27)13-20(19)26/h4-9,13,18,31H,2-3,10-12,14H2,1H3,(H2,28,36)(H,29,35)(H,32,34). The maximum absolute atomic E-state index is 13.3. The summed E-state index contributed by atoms with van der Waals surface area (Å²) in [6.07, 6.45) is 3.04. The first-order valence-corrected chi connectivity index (χ1v) is 12.1. The van der Waals surface area contributed by atoms with E-state index in [4.69, 9.17) is 17.3 Å². The summed E-state index contributed by atoms with van der Waals surface area (Å²) in [6.45, 7) is 1.56. The van der Waals surface area contributed by atoms with Gasteiger partial charge in [-0.3, -0.25) is 24.7 Å². The highest BCUT2D eigenvalue weighted by Crippen LogP contribution is 2.29. The highest BCUT2D eigenvalue weighted by atomic mass is 35.5. The number of likely N-dealkylation sites (tertiary alicyclic amines) is 1. The van der Waals surface area contributed by atoms with Gasteiger partial charge in [0.2, 0.25) is 5.91 Å². The van der Waals surface area contributed by atoms with Crippen molar-refractivity contribution in [2.24, 2.45) is 10.7 Å². The summed E-state index contributed by atoms with van der Waals surface area (Å²) in [5.74, 6) is -2.29. The minimum absolute atomic E-state index is 0.00431. The Kier molecular flexibility index (Phi) is 7.67. The van der Waals surface area contributed by atoms with Gasteiger partial charge in [0.15, 0.2) is 5.54 Å². The first-order chi connectivity index (χ1) is 17.2. The van der Waals surface area contributed by atoms with E-state index in [1.807, 2.05) is 0 Å². The molecule has 2 aromatic rings. The Balaban J connectivity index is 1.47. The molecule has 0 spiro atoms. The molecular weight excluding hydrogens is 487 g/mol. The molecule has 0 saturated carbocycles. The minimum atomic E-state index is -1.60. The van der Waals surface area contributed by atoms with Gasteiger partial charge < -0.3 is 21.3 Å². The molecule has 1 saturated heterocycles. The van der Waals surface area contributed by atoms with Gasteiger partial charge in [-0.2, -0.15) is 0 Å². The van der Waals surface area contributed by atoms with Gasteiger partial charge in [0.25, 0.3) is 11.8 Å². The molecule has 190 valence electrons. The number of nitrogens with zero attached hydrogens (tertiary/aromatic N) is 2. The molecule has 9 nitrogen and oxygen atoms in total. The Labute approximate surface area is 213 Å². The second-order valence-electron chi connectivity index (χ2n) is 8.93. The topological polar surface area (TPSA) is 129 Å². The van der Waals surface area contributed by atoms with Crippen LogP contribution in [0.2, 0.25) is 5.02 Å². The van der Waals surface area contributed by atoms with E-state index < -0.39 is 29.1 Å². The highest BCUT2D eigenvalue weighted by molar-refractivity contribution is 6.47. The van der Waals surface area contributed by atoms with Crippen LogP contribution in [0.3, 0.4) is 0 Å². The number of amides is 3. The lowest BCUT2D eigenvalue weighted by Gasteiger charge is -2.28. The number of carbonyl (C=O) groups is 3. The molecule has 2 aliphatic heterocycles. The van der Waals surface area contributed by atoms with E-state index in [2.05, 4.69) is 32.9 Å². The van der Waals surface area contributed by atoms with Crippen LogP contribution in [0.5, 0.6) is 0 Å². The predicted octanol–water partition coefficient (Wildman–Crippen LogP) is 2.01. The van der Waals surface area contributed by atoms with Crippen LogP contribution in [0, 0.1) is 5.82 Å². The zero-order chi connectivity index (χ0) is 25.9. The molecule has 4 rings (SSSR count). The number of halogens is 2. The van der Waals surface area contributed by atoms with E-state index in [-0.39, 0.29) is 23.0 Å². The Bertz CT molecular complexity index is 1200. The molecule has 2 heterocycles. The van der Waals surface area contributed by atoms with E-state index in [0.29, 0.717) is 23.8 Å². The van der Waals surface area contributed by atoms with Crippen LogP contribution in [0.25, 0.3) is 0 Å². The largest absolute Gasteiger partial charge is 0.367 e. The van der Waals surface area contributed by atoms with Crippen molar-refractivity contribution in [3.05, 3.63) is 64.4 Å². The van der Waals surface area contributed by atoms with Gasteiger partial charge >= 0.3 is 0 Å². The predicted molar refractivity (Wildman–Crippen MR) is 135 cm³/mol. The zero-order valence-electron chi connectivity index (χ0n) is 19.8. The van der Waals surface area contributed by atoms with Crippen LogP contribution in [0.4, 0.5) is 10.1 Å². The summed E-state index contributed by atoms with van der Waals surface area (Å²) in [6, 6.07) is 10.2. The van der Waals surface area contributed by atoms with Crippen molar-refractivity contribution in [3.8, 4) is 0 Å². The van der Waals surface area contributed by atoms with Crippen molar-refractivity contribution < 1.29 is 18.8 Å². The molecule has 36 heavy (non-hydrogen) atoms. The first kappa shape index (κ1) is 25.7. The maximum Gasteiger partial charge on any atom is 0.268 e. The summed E-state index contributed by atoms with van der Waals surface area (Å²) in [4.78, 5) is 44.7. The maximum atomic E-state index is 13.3. The second-order valence-corrected chi connectivity index (χ2v) is 9.34. The van der Waals surface area contributed by atoms with Gasteiger partial charge in [0.05, 0.1) is 17.3 Å². The van der Waals surface area contributed by atoms with Crippen LogP contribution < -0.4 is 21.7 Å². The van der Waals surface area contributed by atoms with Crippen LogP contribution >= 0.6 is 11.6 Å². The van der Waals surface area contributed by atoms with Crippen molar-refractivity contribution in [2.75, 3.05) is 32.1 Å². The average Bonchev–Trinajstić information content (AvgIpc) is 3.46. The fourth-order valence-corrected chi connectivity index (χ4v) is 4.98. The second kappa shape index (κ2) is 10.7. The molecule has 2 aromatic carbocycles. The zero-order valence-corrected chi connectivity index (χ0v) is 20.6. The molecule has 2 atom stereocenters. The molecule has 3 amide bonds. The van der Waals surface area contributed by atoms with Crippen LogP contribution in [0.15, 0.2) is 47.5 Å².